The van der Waals surface area contributed by atoms with Gasteiger partial charge >= 0.3 is 0 Å². The van der Waals surface area contributed by atoms with Crippen LogP contribution >= 0.6 is 69.6 Å². The Kier molecular flexibility index (Phi) is 37.9. The molecule has 150 heavy (non-hydrogen) atoms. The molecule has 12 aromatic rings. The number of aromatic nitrogens is 9. The number of aliphatic hydroxyl groups is 2. The monoisotopic (exact) mass is 2180 g/mol. The van der Waals surface area contributed by atoms with Crippen LogP contribution in [0.25, 0.3) is 67.2 Å². The maximum atomic E-state index is 13.7. The summed E-state index contributed by atoms with van der Waals surface area (Å²) in [4.78, 5) is 105. The number of aryl methyl sites for hydroxylation is 3. The number of hydrogen-bond acceptors (Lipinski definition) is 26. The van der Waals surface area contributed by atoms with Gasteiger partial charge in [-0.1, -0.05) is 234 Å². The summed E-state index contributed by atoms with van der Waals surface area (Å²) in [7, 11) is 1.34. The number of halogens is 6. The fourth-order valence-corrected chi connectivity index (χ4v) is 23.0. The van der Waals surface area contributed by atoms with Gasteiger partial charge in [0.1, 0.15) is 40.4 Å². The zero-order valence-electron chi connectivity index (χ0n) is 89.1. The number of rotatable bonds is 33. The molecule has 3 fully saturated rings. The van der Waals surface area contributed by atoms with E-state index in [2.05, 4.69) is 128 Å². The fourth-order valence-electron chi connectivity index (χ4n) is 19.2. The van der Waals surface area contributed by atoms with E-state index in [1.54, 1.807) is 39.9 Å². The number of ether oxygens (including phenoxy) is 3. The molecule has 792 valence electrons. The van der Waals surface area contributed by atoms with Crippen LogP contribution in [-0.2, 0) is 91.4 Å². The van der Waals surface area contributed by atoms with Gasteiger partial charge in [-0.3, -0.25) is 53.8 Å². The summed E-state index contributed by atoms with van der Waals surface area (Å²) in [6.45, 7) is 47.6. The highest BCUT2D eigenvalue weighted by atomic mass is 35.5. The van der Waals surface area contributed by atoms with E-state index in [-0.39, 0.29) is 66.0 Å². The van der Waals surface area contributed by atoms with E-state index >= 15 is 0 Å². The van der Waals surface area contributed by atoms with Crippen LogP contribution in [-0.4, -0.2) is 239 Å². The molecule has 0 radical (unpaired) electrons. The summed E-state index contributed by atoms with van der Waals surface area (Å²) in [5.74, 6) is 2.56. The van der Waals surface area contributed by atoms with Crippen LogP contribution in [0, 0.1) is 32.6 Å². The number of nitrogens with zero attached hydrogens (tertiary/aromatic N) is 14. The molecule has 12 heterocycles. The number of fused-ring (bicyclic) bond motifs is 3. The number of methoxy groups -OCH3 is 3. The maximum Gasteiger partial charge on any atom is 0.237 e. The number of hydrogen-bond donors (Lipinski definition) is 3. The van der Waals surface area contributed by atoms with Gasteiger partial charge in [0.2, 0.25) is 17.6 Å². The number of carbonyl (C=O) groups is 4. The van der Waals surface area contributed by atoms with Gasteiger partial charge < -0.3 is 43.4 Å². The molecule has 6 aliphatic rings. The highest BCUT2D eigenvalue weighted by molar-refractivity contribution is 6.74. The Morgan fingerprint density at radius 3 is 1.09 bits per heavy atom. The lowest BCUT2D eigenvalue weighted by molar-refractivity contribution is -0.109. The Morgan fingerprint density at radius 2 is 0.753 bits per heavy atom. The van der Waals surface area contributed by atoms with E-state index in [1.165, 1.54) is 11.1 Å². The summed E-state index contributed by atoms with van der Waals surface area (Å²) in [6, 6.07) is 39.9. The van der Waals surface area contributed by atoms with Gasteiger partial charge in [0.15, 0.2) is 34.0 Å². The van der Waals surface area contributed by atoms with Crippen LogP contribution in [0.1, 0.15) is 171 Å². The van der Waals surface area contributed by atoms with Gasteiger partial charge in [0, 0.05) is 224 Å². The predicted molar refractivity (Wildman–Crippen MR) is 602 cm³/mol. The van der Waals surface area contributed by atoms with Gasteiger partial charge in [-0.2, -0.15) is 0 Å². The van der Waals surface area contributed by atoms with Gasteiger partial charge in [0.05, 0.1) is 106 Å². The van der Waals surface area contributed by atoms with Crippen molar-refractivity contribution in [3.05, 3.63) is 277 Å². The lowest BCUT2D eigenvalue weighted by Crippen LogP contribution is -2.50. The molecule has 34 heteroatoms. The second-order valence-electron chi connectivity index (χ2n) is 43.0. The quantitative estimate of drug-likeness (QED) is 0.0196. The molecule has 26 nitrogen and oxygen atoms in total. The molecule has 3 N–H and O–H groups in total. The highest BCUT2D eigenvalue weighted by Crippen LogP contribution is 2.47. The van der Waals surface area contributed by atoms with Crippen molar-refractivity contribution in [2.24, 2.45) is 11.8 Å². The number of ketones is 3. The van der Waals surface area contributed by atoms with Crippen molar-refractivity contribution in [1.82, 2.24) is 74.7 Å². The number of Topliss-reactive ketones (excluding diaryl/α,β-unsaturated/α-hetero) is 3. The van der Waals surface area contributed by atoms with Crippen molar-refractivity contribution < 1.29 is 52.5 Å². The Labute approximate surface area is 913 Å². The summed E-state index contributed by atoms with van der Waals surface area (Å²) < 4.78 is 28.7. The summed E-state index contributed by atoms with van der Waals surface area (Å²) in [5.41, 5.74) is 23.9. The topological polar surface area (TPSA) is 299 Å². The molecule has 0 spiro atoms. The lowest BCUT2D eigenvalue weighted by atomic mass is 9.96. The number of benzene rings is 6. The van der Waals surface area contributed by atoms with E-state index in [1.807, 2.05) is 141 Å². The van der Waals surface area contributed by atoms with Crippen LogP contribution in [0.5, 0.6) is 17.6 Å². The number of carbonyl (C=O) groups excluding carboxylic acids is 4. The third-order valence-corrected chi connectivity index (χ3v) is 41.4. The van der Waals surface area contributed by atoms with Crippen LogP contribution < -0.4 is 19.5 Å². The molecular formula is C116H137Cl6N15O11Si2. The molecule has 18 rings (SSSR count). The molecule has 0 saturated carbocycles. The van der Waals surface area contributed by atoms with Gasteiger partial charge in [-0.25, -0.2) is 29.9 Å². The first-order valence-electron chi connectivity index (χ1n) is 51.3. The summed E-state index contributed by atoms with van der Waals surface area (Å²) in [6.07, 6.45) is 8.42. The third kappa shape index (κ3) is 27.1. The largest absolute Gasteiger partial charge is 0.480 e. The number of aldehydes is 1. The predicted octanol–water partition coefficient (Wildman–Crippen LogP) is 22.4. The molecule has 3 saturated heterocycles. The van der Waals surface area contributed by atoms with Crippen LogP contribution in [0.15, 0.2) is 146 Å². The zero-order chi connectivity index (χ0) is 108. The molecule has 6 aliphatic heterocycles. The second-order valence-corrected chi connectivity index (χ2v) is 54.9. The standard InChI is InChI=1S/C41H51Cl2N5O3Si.C34H35Cl2N5O4.C33H33Cl2N5O2.C8H18O2Si/c1-26-22-48(23-26)25-36-40(50-6)46-35(21-44-36)31-14-10-13-30(39(31)43)29-12-9-11-28(38(29)42)20-37(49)34-19-27(2)32-24-47(16-15-33(32)45-34)17-18-51-52(7,8)41(3,4)5;1-20-13-28(38-27-9-10-40(11-12-42)18-26(20)27)31(44)14-21-5-3-6-23(32(21)35)24-7-4-8-25(33(24)36)29-15-37-30(34(39-29)45-2)19-41-16-22(43)17-41;1-19-16-40(17-19)18-29-33(42-3)39-28(15-37-29)24-9-5-8-23(32(24)35)22-7-4-6-21(31(22)34)13-30(41)27-12-20(2)25-14-36-11-10-26(25)38-27;1-8(2,3)11(4,5)10-7-6-9/h9-14,19,21,26H,15-18,20,22-25H2,1-8H3;3-8,13,15,22,42-43H,9-12,14,16-19H2,1-2H3;4-9,12,15,19,36H,10-11,13-14,16-18H2,1-3H3;6H,7H2,1-5H3. The van der Waals surface area contributed by atoms with E-state index in [0.29, 0.717) is 161 Å². The average Bonchev–Trinajstić information content (AvgIpc) is 0.776. The first-order valence-corrected chi connectivity index (χ1v) is 59.4. The molecule has 0 atom stereocenters. The molecule has 0 aliphatic carbocycles. The number of aliphatic hydroxyl groups excluding tert-OH is 2. The van der Waals surface area contributed by atoms with Crippen LogP contribution in [0.4, 0.5) is 0 Å². The smallest absolute Gasteiger partial charge is 0.237 e. The minimum atomic E-state index is -1.78. The number of β-amino-alcohol motifs (C(OH)–C–C–N with tert-alkyl or cyclic N) is 2. The van der Waals surface area contributed by atoms with Crippen molar-refractivity contribution in [3.63, 3.8) is 0 Å². The Hall–Kier alpha value is -10.1. The number of pyridine rings is 3. The van der Waals surface area contributed by atoms with Crippen LogP contribution in [0.3, 0.4) is 0 Å². The number of nitrogens with one attached hydrogen (secondary N) is 1. The minimum absolute atomic E-state index is 0.0616. The zero-order valence-corrected chi connectivity index (χ0v) is 95.7. The Morgan fingerprint density at radius 1 is 0.433 bits per heavy atom. The van der Waals surface area contributed by atoms with E-state index in [0.717, 1.165) is 199 Å². The SMILES string of the molecule is CC(C)(C)[Si](C)(C)OCC=O.COc1nc(-c2cccc(-c3cccc(CC(=O)c4cc(C)c5c(n4)CCN(CCO)C5)c3Cl)c2Cl)cnc1CN1CC(O)C1.COc1nc(-c2cccc(-c3cccc(CC(=O)c4cc(C)c5c(n4)CCN(CCO[Si](C)(C)C(C)(C)C)C5)c3Cl)c2Cl)cnc1CN1CC(C)C1.COc1nc(-c2cccc(-c3cccc(CC(=O)c4cc(C)c5c(n4)CCNC5)c3Cl)c2Cl)cnc1CN1CC(C)C1. The van der Waals surface area contributed by atoms with Gasteiger partial charge in [-0.05, 0) is 137 Å². The minimum Gasteiger partial charge on any atom is -0.480 e. The first kappa shape index (κ1) is 114. The van der Waals surface area contributed by atoms with Crippen molar-refractivity contribution in [2.45, 2.75) is 196 Å². The Balaban J connectivity index is 0.000000160. The third-order valence-electron chi connectivity index (χ3n) is 29.8. The van der Waals surface area contributed by atoms with E-state index < -0.39 is 16.6 Å². The van der Waals surface area contributed by atoms with Crippen molar-refractivity contribution in [1.29, 1.82) is 0 Å². The lowest BCUT2D eigenvalue weighted by Gasteiger charge is -2.37. The molecular weight excluding hydrogens is 2050 g/mol. The maximum absolute atomic E-state index is 13.7. The molecule has 6 aromatic heterocycles. The second kappa shape index (κ2) is 50.0. The van der Waals surface area contributed by atoms with Crippen molar-refractivity contribution in [2.75, 3.05) is 113 Å². The fraction of sp³-hybridized carbons (Fsp3) is 0.422. The highest BCUT2D eigenvalue weighted by Gasteiger charge is 2.40. The van der Waals surface area contributed by atoms with Crippen molar-refractivity contribution in [3.8, 4) is 84.8 Å². The summed E-state index contributed by atoms with van der Waals surface area (Å²) >= 11 is 42.0. The van der Waals surface area contributed by atoms with Crippen LogP contribution in [0.2, 0.25) is 66.4 Å². The van der Waals surface area contributed by atoms with Gasteiger partial charge in [-0.15, -0.1) is 0 Å². The summed E-state index contributed by atoms with van der Waals surface area (Å²) in [5, 5.41) is 25.6. The normalized spacial score (nSPS) is 15.3. The van der Waals surface area contributed by atoms with E-state index in [9.17, 15) is 29.4 Å². The first-order chi connectivity index (χ1) is 71.5. The molecule has 0 bridgehead atoms. The van der Waals surface area contributed by atoms with Crippen molar-refractivity contribution >= 4 is 110 Å². The van der Waals surface area contributed by atoms with Gasteiger partial charge in [0.25, 0.3) is 0 Å². The number of likely N-dealkylation sites (tertiary alicyclic amines) is 3. The van der Waals surface area contributed by atoms with E-state index in [4.69, 9.17) is 128 Å². The Bertz CT molecular complexity index is 6950. The molecule has 0 unspecified atom stereocenters. The molecule has 6 aromatic carbocycles. The molecule has 0 amide bonds. The average molecular weight is 2190 g/mol.